The molecule has 0 unspecified atom stereocenters. The molecule has 4 nitrogen and oxygen atoms in total. The molecule has 1 N–H and O–H groups in total. The maximum absolute atomic E-state index is 11.9. The molecule has 0 aromatic heterocycles. The number of carbonyl (C=O) groups is 2. The number of likely N-dealkylation sites (N-methyl/N-ethyl adjacent to an activating group) is 2. The minimum Gasteiger partial charge on any atom is -0.355 e. The van der Waals surface area contributed by atoms with Crippen LogP contribution in [-0.4, -0.2) is 36.9 Å². The lowest BCUT2D eigenvalue weighted by atomic mass is 10.2. The zero-order valence-corrected chi connectivity index (χ0v) is 10.8. The summed E-state index contributed by atoms with van der Waals surface area (Å²) in [5.41, 5.74) is 0.532. The Morgan fingerprint density at radius 1 is 1.41 bits per heavy atom. The van der Waals surface area contributed by atoms with E-state index < -0.39 is 0 Å². The van der Waals surface area contributed by atoms with Crippen molar-refractivity contribution in [1.82, 2.24) is 10.2 Å². The van der Waals surface area contributed by atoms with Crippen LogP contribution in [-0.2, 0) is 4.79 Å². The first-order valence-corrected chi connectivity index (χ1v) is 5.80. The van der Waals surface area contributed by atoms with E-state index in [-0.39, 0.29) is 18.4 Å². The van der Waals surface area contributed by atoms with Gasteiger partial charge in [0.25, 0.3) is 5.91 Å². The molecule has 0 aliphatic heterocycles. The molecule has 0 aliphatic carbocycles. The fourth-order valence-electron chi connectivity index (χ4n) is 1.40. The first kappa shape index (κ1) is 13.6. The average Bonchev–Trinajstić information content (AvgIpc) is 2.28. The monoisotopic (exact) mass is 252 g/mol. The Morgan fingerprint density at radius 3 is 2.71 bits per heavy atom. The number of hydrogen-bond donors (Lipinski definition) is 2. The van der Waals surface area contributed by atoms with Gasteiger partial charge in [0.2, 0.25) is 5.91 Å². The SMILES string of the molecule is CCNC(=O)CN(C)C(=O)c1cccc(S)c1. The van der Waals surface area contributed by atoms with Crippen molar-refractivity contribution in [2.45, 2.75) is 11.8 Å². The van der Waals surface area contributed by atoms with E-state index in [9.17, 15) is 9.59 Å². The molecule has 1 rings (SSSR count). The van der Waals surface area contributed by atoms with E-state index in [4.69, 9.17) is 0 Å². The smallest absolute Gasteiger partial charge is 0.254 e. The standard InChI is InChI=1S/C12H16N2O2S/c1-3-13-11(15)8-14(2)12(16)9-5-4-6-10(17)7-9/h4-7,17H,3,8H2,1-2H3,(H,13,15). The largest absolute Gasteiger partial charge is 0.355 e. The summed E-state index contributed by atoms with van der Waals surface area (Å²) in [6.45, 7) is 2.46. The summed E-state index contributed by atoms with van der Waals surface area (Å²) in [7, 11) is 1.60. The molecule has 0 bridgehead atoms. The van der Waals surface area contributed by atoms with Crippen LogP contribution in [0.15, 0.2) is 29.2 Å². The number of thiol groups is 1. The summed E-state index contributed by atoms with van der Waals surface area (Å²) in [6, 6.07) is 6.94. The van der Waals surface area contributed by atoms with Gasteiger partial charge in [-0.25, -0.2) is 0 Å². The molecule has 0 heterocycles. The van der Waals surface area contributed by atoms with Gasteiger partial charge in [0.05, 0.1) is 6.54 Å². The Kier molecular flexibility index (Phi) is 5.03. The summed E-state index contributed by atoms with van der Waals surface area (Å²) >= 11 is 4.17. The van der Waals surface area contributed by atoms with Crippen LogP contribution < -0.4 is 5.32 Å². The van der Waals surface area contributed by atoms with Crippen LogP contribution in [0.3, 0.4) is 0 Å². The minimum absolute atomic E-state index is 0.0590. The average molecular weight is 252 g/mol. The third-order valence-electron chi connectivity index (χ3n) is 2.19. The molecular weight excluding hydrogens is 236 g/mol. The van der Waals surface area contributed by atoms with Crippen molar-refractivity contribution >= 4 is 24.4 Å². The molecule has 0 fully saturated rings. The van der Waals surface area contributed by atoms with Crippen molar-refractivity contribution < 1.29 is 9.59 Å². The number of hydrogen-bond acceptors (Lipinski definition) is 3. The zero-order chi connectivity index (χ0) is 12.8. The van der Waals surface area contributed by atoms with Crippen LogP contribution in [0.5, 0.6) is 0 Å². The highest BCUT2D eigenvalue weighted by atomic mass is 32.1. The van der Waals surface area contributed by atoms with Crippen LogP contribution in [0.1, 0.15) is 17.3 Å². The number of nitrogens with zero attached hydrogens (tertiary/aromatic N) is 1. The molecule has 17 heavy (non-hydrogen) atoms. The number of nitrogens with one attached hydrogen (secondary N) is 1. The van der Waals surface area contributed by atoms with Crippen molar-refractivity contribution in [3.63, 3.8) is 0 Å². The molecule has 0 spiro atoms. The topological polar surface area (TPSA) is 49.4 Å². The van der Waals surface area contributed by atoms with E-state index in [1.165, 1.54) is 4.90 Å². The van der Waals surface area contributed by atoms with Crippen molar-refractivity contribution in [1.29, 1.82) is 0 Å². The summed E-state index contributed by atoms with van der Waals surface area (Å²) in [5.74, 6) is -0.350. The molecule has 0 radical (unpaired) electrons. The Bertz CT molecular complexity index is 421. The van der Waals surface area contributed by atoms with Gasteiger partial charge in [0.1, 0.15) is 0 Å². The predicted octanol–water partition coefficient (Wildman–Crippen LogP) is 1.18. The maximum atomic E-state index is 11.9. The number of carbonyl (C=O) groups excluding carboxylic acids is 2. The Balaban J connectivity index is 2.67. The van der Waals surface area contributed by atoms with Gasteiger partial charge in [0, 0.05) is 24.1 Å². The fraction of sp³-hybridized carbons (Fsp3) is 0.333. The Labute approximate surface area is 106 Å². The van der Waals surface area contributed by atoms with E-state index in [0.717, 1.165) is 4.90 Å². The molecule has 0 saturated carbocycles. The van der Waals surface area contributed by atoms with Crippen LogP contribution >= 0.6 is 12.6 Å². The van der Waals surface area contributed by atoms with Gasteiger partial charge in [-0.1, -0.05) is 6.07 Å². The normalized spacial score (nSPS) is 9.82. The second-order valence-electron chi connectivity index (χ2n) is 3.67. The van der Waals surface area contributed by atoms with Crippen molar-refractivity contribution in [3.05, 3.63) is 29.8 Å². The first-order chi connectivity index (χ1) is 8.04. The van der Waals surface area contributed by atoms with E-state index >= 15 is 0 Å². The zero-order valence-electron chi connectivity index (χ0n) is 9.93. The van der Waals surface area contributed by atoms with E-state index in [1.807, 2.05) is 6.92 Å². The molecule has 5 heteroatoms. The summed E-state index contributed by atoms with van der Waals surface area (Å²) in [5, 5.41) is 2.65. The van der Waals surface area contributed by atoms with E-state index in [0.29, 0.717) is 12.1 Å². The van der Waals surface area contributed by atoms with E-state index in [2.05, 4.69) is 17.9 Å². The predicted molar refractivity (Wildman–Crippen MR) is 69.3 cm³/mol. The van der Waals surface area contributed by atoms with Gasteiger partial charge >= 0.3 is 0 Å². The lowest BCUT2D eigenvalue weighted by molar-refractivity contribution is -0.121. The fourth-order valence-corrected chi connectivity index (χ4v) is 1.62. The van der Waals surface area contributed by atoms with Gasteiger partial charge in [-0.2, -0.15) is 0 Å². The van der Waals surface area contributed by atoms with E-state index in [1.54, 1.807) is 31.3 Å². The molecular formula is C12H16N2O2S. The second kappa shape index (κ2) is 6.30. The third-order valence-corrected chi connectivity index (χ3v) is 2.47. The Hall–Kier alpha value is -1.49. The quantitative estimate of drug-likeness (QED) is 0.791. The minimum atomic E-state index is -0.188. The number of rotatable bonds is 4. The highest BCUT2D eigenvalue weighted by Gasteiger charge is 2.14. The number of benzene rings is 1. The summed E-state index contributed by atoms with van der Waals surface area (Å²) in [6.07, 6.45) is 0. The van der Waals surface area contributed by atoms with Crippen molar-refractivity contribution in [2.24, 2.45) is 0 Å². The van der Waals surface area contributed by atoms with Crippen molar-refractivity contribution in [2.75, 3.05) is 20.1 Å². The van der Waals surface area contributed by atoms with Crippen LogP contribution in [0.25, 0.3) is 0 Å². The summed E-state index contributed by atoms with van der Waals surface area (Å²) < 4.78 is 0. The lowest BCUT2D eigenvalue weighted by Crippen LogP contribution is -2.38. The molecule has 1 aromatic rings. The summed E-state index contributed by atoms with van der Waals surface area (Å²) in [4.78, 5) is 25.4. The first-order valence-electron chi connectivity index (χ1n) is 5.35. The highest BCUT2D eigenvalue weighted by Crippen LogP contribution is 2.10. The third kappa shape index (κ3) is 4.11. The highest BCUT2D eigenvalue weighted by molar-refractivity contribution is 7.80. The number of amides is 2. The second-order valence-corrected chi connectivity index (χ2v) is 4.18. The van der Waals surface area contributed by atoms with Gasteiger partial charge in [-0.15, -0.1) is 12.6 Å². The van der Waals surface area contributed by atoms with Crippen LogP contribution in [0, 0.1) is 0 Å². The van der Waals surface area contributed by atoms with Crippen LogP contribution in [0.2, 0.25) is 0 Å². The van der Waals surface area contributed by atoms with Gasteiger partial charge in [-0.3, -0.25) is 9.59 Å². The molecule has 92 valence electrons. The van der Waals surface area contributed by atoms with Gasteiger partial charge < -0.3 is 10.2 Å². The van der Waals surface area contributed by atoms with Crippen molar-refractivity contribution in [3.8, 4) is 0 Å². The Morgan fingerprint density at radius 2 is 2.12 bits per heavy atom. The molecule has 0 atom stereocenters. The van der Waals surface area contributed by atoms with Gasteiger partial charge in [0.15, 0.2) is 0 Å². The molecule has 0 aliphatic rings. The van der Waals surface area contributed by atoms with Crippen LogP contribution in [0.4, 0.5) is 0 Å². The molecule has 0 saturated heterocycles. The molecule has 1 aromatic carbocycles. The van der Waals surface area contributed by atoms with Gasteiger partial charge in [-0.05, 0) is 25.1 Å². The molecule has 2 amide bonds. The lowest BCUT2D eigenvalue weighted by Gasteiger charge is -2.16. The maximum Gasteiger partial charge on any atom is 0.254 e.